The van der Waals surface area contributed by atoms with Gasteiger partial charge >= 0.3 is 0 Å². The van der Waals surface area contributed by atoms with E-state index in [1.165, 1.54) is 13.2 Å². The van der Waals surface area contributed by atoms with Crippen LogP contribution in [-0.2, 0) is 11.2 Å². The predicted octanol–water partition coefficient (Wildman–Crippen LogP) is 8.27. The molecule has 10 rings (SSSR count). The van der Waals surface area contributed by atoms with Crippen LogP contribution in [0.15, 0.2) is 42.6 Å². The van der Waals surface area contributed by atoms with Crippen molar-refractivity contribution in [2.75, 3.05) is 20.2 Å². The highest BCUT2D eigenvalue weighted by Gasteiger charge is 2.51. The third-order valence-corrected chi connectivity index (χ3v) is 12.4. The number of hydrogen-bond acceptors (Lipinski definition) is 7. The van der Waals surface area contributed by atoms with Gasteiger partial charge in [0, 0.05) is 70.7 Å². The number of hydrogen-bond donors (Lipinski definition) is 1. The van der Waals surface area contributed by atoms with Gasteiger partial charge in [-0.25, -0.2) is 18.7 Å². The predicted molar refractivity (Wildman–Crippen MR) is 197 cm³/mol. The molecule has 2 aromatic carbocycles. The summed E-state index contributed by atoms with van der Waals surface area (Å²) in [7, 11) is 1.46. The van der Waals surface area contributed by atoms with Crippen molar-refractivity contribution in [3.05, 3.63) is 81.2 Å². The number of carbonyl (C=O) groups is 1. The fourth-order valence-corrected chi connectivity index (χ4v) is 9.25. The zero-order valence-corrected chi connectivity index (χ0v) is 30.6. The first kappa shape index (κ1) is 34.3. The molecule has 5 fully saturated rings. The molecule has 272 valence electrons. The Morgan fingerprint density at radius 1 is 1.15 bits per heavy atom. The van der Waals surface area contributed by atoms with Crippen molar-refractivity contribution < 1.29 is 23.0 Å². The van der Waals surface area contributed by atoms with E-state index in [9.17, 15) is 14.4 Å². The Hall–Kier alpha value is -4.50. The van der Waals surface area contributed by atoms with Crippen molar-refractivity contribution in [3.63, 3.8) is 0 Å². The number of aromatic nitrogens is 3. The lowest BCUT2D eigenvalue weighted by Crippen LogP contribution is -2.41. The van der Waals surface area contributed by atoms with Gasteiger partial charge in [0.25, 0.3) is 0 Å². The summed E-state index contributed by atoms with van der Waals surface area (Å²) in [5, 5.41) is 15.3. The van der Waals surface area contributed by atoms with Crippen LogP contribution >= 0.6 is 23.2 Å². The molecule has 5 aliphatic rings. The summed E-state index contributed by atoms with van der Waals surface area (Å²) in [6, 6.07) is 12.7. The Bertz CT molecular complexity index is 2360. The van der Waals surface area contributed by atoms with E-state index in [-0.39, 0.29) is 70.6 Å². The van der Waals surface area contributed by atoms with Gasteiger partial charge < -0.3 is 24.3 Å². The molecule has 6 heterocycles. The molecule has 1 N–H and O–H groups in total. The van der Waals surface area contributed by atoms with Gasteiger partial charge in [0.05, 0.1) is 53.6 Å². The van der Waals surface area contributed by atoms with Crippen LogP contribution in [-0.4, -0.2) is 57.7 Å². The van der Waals surface area contributed by atoms with E-state index in [1.807, 2.05) is 17.9 Å². The zero-order chi connectivity index (χ0) is 36.7. The molecule has 5 aromatic rings. The first-order valence-corrected chi connectivity index (χ1v) is 18.8. The molecule has 13 heteroatoms. The minimum atomic E-state index is -0.610. The fourth-order valence-electron chi connectivity index (χ4n) is 8.85. The second-order valence-corrected chi connectivity index (χ2v) is 15.5. The second-order valence-electron chi connectivity index (χ2n) is 14.7. The molecular formula is C40H36Cl2F2N6O3. The third-order valence-electron chi connectivity index (χ3n) is 11.5. The molecule has 0 unspecified atom stereocenters. The van der Waals surface area contributed by atoms with Crippen LogP contribution in [0.5, 0.6) is 11.6 Å². The Balaban J connectivity index is 1.25. The monoisotopic (exact) mass is 756 g/mol. The maximum atomic E-state index is 17.2. The molecular weight excluding hydrogens is 721 g/mol. The molecule has 3 aliphatic heterocycles. The summed E-state index contributed by atoms with van der Waals surface area (Å²) >= 11 is 13.1. The van der Waals surface area contributed by atoms with Crippen LogP contribution in [0.2, 0.25) is 10.0 Å². The lowest BCUT2D eigenvalue weighted by atomic mass is 9.79. The van der Waals surface area contributed by atoms with Crippen molar-refractivity contribution in [2.45, 2.75) is 69.7 Å². The number of likely N-dealkylation sites (tertiary alicyclic amines) is 1. The van der Waals surface area contributed by atoms with E-state index in [2.05, 4.69) is 27.0 Å². The van der Waals surface area contributed by atoms with Gasteiger partial charge in [-0.05, 0) is 62.3 Å². The van der Waals surface area contributed by atoms with Crippen molar-refractivity contribution in [1.29, 1.82) is 5.26 Å². The number of fused-ring (bicyclic) bond motifs is 4. The number of nitrogens with zero attached hydrogens (tertiary/aromatic N) is 5. The van der Waals surface area contributed by atoms with Crippen molar-refractivity contribution >= 4 is 50.9 Å². The molecule has 3 aromatic heterocycles. The highest BCUT2D eigenvalue weighted by atomic mass is 35.5. The maximum Gasteiger partial charge on any atom is 0.226 e. The number of ether oxygens (including phenoxy) is 2. The molecule has 0 spiro atoms. The molecule has 2 saturated carbocycles. The lowest BCUT2D eigenvalue weighted by Gasteiger charge is -2.39. The summed E-state index contributed by atoms with van der Waals surface area (Å²) in [6.07, 6.45) is 4.16. The third kappa shape index (κ3) is 5.60. The van der Waals surface area contributed by atoms with Gasteiger partial charge in [-0.3, -0.25) is 4.79 Å². The first-order chi connectivity index (χ1) is 25.7. The van der Waals surface area contributed by atoms with Gasteiger partial charge in [0.2, 0.25) is 11.8 Å². The number of rotatable bonds is 9. The Morgan fingerprint density at radius 3 is 2.70 bits per heavy atom. The summed E-state index contributed by atoms with van der Waals surface area (Å²) in [5.41, 5.74) is 3.98. The second kappa shape index (κ2) is 13.1. The number of nitrogens with one attached hydrogen (secondary N) is 1. The van der Waals surface area contributed by atoms with E-state index >= 15 is 4.39 Å². The highest BCUT2D eigenvalue weighted by molar-refractivity contribution is 6.43. The number of pyridine rings is 2. The number of aryl methyl sites for hydroxylation is 2. The Kier molecular flexibility index (Phi) is 8.48. The molecule has 53 heavy (non-hydrogen) atoms. The van der Waals surface area contributed by atoms with Crippen LogP contribution in [0.3, 0.4) is 0 Å². The van der Waals surface area contributed by atoms with Gasteiger partial charge in [0.1, 0.15) is 11.6 Å². The number of amides is 1. The zero-order valence-electron chi connectivity index (χ0n) is 29.1. The van der Waals surface area contributed by atoms with Crippen LogP contribution in [0, 0.1) is 41.7 Å². The standard InChI is InChI=1S/C40H36Cl2F2N6O3/c1-19-25-14-31(30-13-23(18-49(30)40(51)20-8-9-20)53-32-15-33(52-2)47-17-28(32)43)50(38-22-12-29(38)46-16-22)39(25)26-11-21(5-4-10-45)34(36(44)37(26)48-19)24-6-3-7-27(41)35(24)42/h3,6-7,11,14-15,17,20,22-23,29-30,38,46H,4-5,8-9,12-13,16,18H2,1-2H3/t22-,23+,29-,30-,38+/m1/s1. The van der Waals surface area contributed by atoms with Crippen molar-refractivity contribution in [2.24, 2.45) is 11.8 Å². The van der Waals surface area contributed by atoms with Gasteiger partial charge in [-0.1, -0.05) is 35.3 Å². The average molecular weight is 758 g/mol. The number of nitriles is 1. The number of methoxy groups -OCH3 is 1. The number of carbonyl (C=O) groups excluding carboxylic acids is 1. The van der Waals surface area contributed by atoms with Gasteiger partial charge in [-0.15, -0.1) is 0 Å². The normalized spacial score (nSPS) is 23.4. The highest BCUT2D eigenvalue weighted by Crippen LogP contribution is 2.51. The van der Waals surface area contributed by atoms with Crippen molar-refractivity contribution in [1.82, 2.24) is 24.8 Å². The molecule has 2 aliphatic carbocycles. The molecule has 0 radical (unpaired) electrons. The molecule has 3 saturated heterocycles. The largest absolute Gasteiger partial charge is 0.485 e. The van der Waals surface area contributed by atoms with E-state index in [0.717, 1.165) is 48.6 Å². The van der Waals surface area contributed by atoms with Crippen LogP contribution in [0.25, 0.3) is 32.9 Å². The quantitative estimate of drug-likeness (QED) is 0.161. The SMILES string of the molecule is COc1cc(O[C@H]2C[C@H](c3cc4c(C)nc5c(F)c(-c6cccc(Cl)c6Cl)c(CCC#N)cc5c4n3[C@H]3[C@H]4CN[C@@H]3C4)N(C(=O)C3CC3)C2)c(F)cn1. The molecule has 1 amide bonds. The number of benzene rings is 2. The lowest BCUT2D eigenvalue weighted by molar-refractivity contribution is -0.133. The molecule has 9 nitrogen and oxygen atoms in total. The first-order valence-electron chi connectivity index (χ1n) is 18.0. The number of halogens is 4. The van der Waals surface area contributed by atoms with Gasteiger partial charge in [0.15, 0.2) is 17.4 Å². The fraction of sp³-hybridized carbons (Fsp3) is 0.400. The van der Waals surface area contributed by atoms with E-state index in [1.54, 1.807) is 18.2 Å². The van der Waals surface area contributed by atoms with Crippen LogP contribution in [0.4, 0.5) is 8.78 Å². The summed E-state index contributed by atoms with van der Waals surface area (Å²) in [4.78, 5) is 24.7. The van der Waals surface area contributed by atoms with Crippen LogP contribution in [0.1, 0.15) is 61.1 Å². The summed E-state index contributed by atoms with van der Waals surface area (Å²) in [5.74, 6) is -0.523. The smallest absolute Gasteiger partial charge is 0.226 e. The Morgan fingerprint density at radius 2 is 1.98 bits per heavy atom. The topological polar surface area (TPSA) is 105 Å². The summed E-state index contributed by atoms with van der Waals surface area (Å²) < 4.78 is 46.0. The molecule has 2 bridgehead atoms. The van der Waals surface area contributed by atoms with Crippen molar-refractivity contribution in [3.8, 4) is 28.8 Å². The Labute approximate surface area is 314 Å². The summed E-state index contributed by atoms with van der Waals surface area (Å²) in [6.45, 7) is 3.03. The van der Waals surface area contributed by atoms with E-state index in [0.29, 0.717) is 46.0 Å². The van der Waals surface area contributed by atoms with E-state index in [4.69, 9.17) is 37.7 Å². The average Bonchev–Trinajstić information content (AvgIpc) is 3.44. The molecule has 5 atom stereocenters. The maximum absolute atomic E-state index is 17.2. The minimum absolute atomic E-state index is 0.0186. The van der Waals surface area contributed by atoms with E-state index < -0.39 is 17.7 Å². The van der Waals surface area contributed by atoms with Gasteiger partial charge in [-0.2, -0.15) is 5.26 Å². The van der Waals surface area contributed by atoms with Crippen LogP contribution < -0.4 is 14.8 Å². The minimum Gasteiger partial charge on any atom is -0.485 e.